The van der Waals surface area contributed by atoms with E-state index in [0.717, 1.165) is 30.7 Å². The molecule has 0 radical (unpaired) electrons. The van der Waals surface area contributed by atoms with Gasteiger partial charge < -0.3 is 14.8 Å². The number of imidazole rings is 1. The van der Waals surface area contributed by atoms with Gasteiger partial charge in [0, 0.05) is 25.1 Å². The van der Waals surface area contributed by atoms with E-state index in [0.29, 0.717) is 10.9 Å². The van der Waals surface area contributed by atoms with Crippen molar-refractivity contribution in [3.05, 3.63) is 42.3 Å². The number of rotatable bonds is 4. The Kier molecular flexibility index (Phi) is 3.66. The third kappa shape index (κ3) is 2.89. The predicted molar refractivity (Wildman–Crippen MR) is 86.4 cm³/mol. The van der Waals surface area contributed by atoms with Gasteiger partial charge in [-0.1, -0.05) is 11.6 Å². The van der Waals surface area contributed by atoms with Gasteiger partial charge in [-0.2, -0.15) is 5.10 Å². The summed E-state index contributed by atoms with van der Waals surface area (Å²) in [4.78, 5) is 8.50. The summed E-state index contributed by atoms with van der Waals surface area (Å²) in [7, 11) is 0. The smallest absolute Gasteiger partial charge is 0.152 e. The highest BCUT2D eigenvalue weighted by molar-refractivity contribution is 6.30. The van der Waals surface area contributed by atoms with Crippen molar-refractivity contribution in [2.75, 3.05) is 5.32 Å². The van der Waals surface area contributed by atoms with Crippen LogP contribution in [0.2, 0.25) is 5.02 Å². The van der Waals surface area contributed by atoms with Crippen LogP contribution in [0.25, 0.3) is 5.52 Å². The van der Waals surface area contributed by atoms with Crippen molar-refractivity contribution in [1.29, 1.82) is 0 Å². The lowest BCUT2D eigenvalue weighted by Gasteiger charge is -2.17. The van der Waals surface area contributed by atoms with E-state index in [1.54, 1.807) is 24.9 Å². The molecule has 8 heteroatoms. The molecule has 0 bridgehead atoms. The zero-order valence-corrected chi connectivity index (χ0v) is 13.1. The molecule has 1 aliphatic rings. The van der Waals surface area contributed by atoms with Crippen molar-refractivity contribution in [3.8, 4) is 0 Å². The maximum atomic E-state index is 10.4. The monoisotopic (exact) mass is 332 g/mol. The first kappa shape index (κ1) is 14.5. The summed E-state index contributed by atoms with van der Waals surface area (Å²) in [5, 5.41) is 18.6. The number of halogens is 1. The maximum Gasteiger partial charge on any atom is 0.152 e. The molecule has 7 nitrogen and oxygen atoms in total. The fourth-order valence-corrected chi connectivity index (χ4v) is 3.42. The van der Waals surface area contributed by atoms with Crippen molar-refractivity contribution in [1.82, 2.24) is 24.1 Å². The van der Waals surface area contributed by atoms with Crippen molar-refractivity contribution in [2.45, 2.75) is 31.5 Å². The lowest BCUT2D eigenvalue weighted by atomic mass is 10.1. The summed E-state index contributed by atoms with van der Waals surface area (Å²) < 4.78 is 3.73. The Morgan fingerprint density at radius 2 is 2.26 bits per heavy atom. The van der Waals surface area contributed by atoms with Gasteiger partial charge in [-0.05, 0) is 18.8 Å². The molecule has 4 rings (SSSR count). The topological polar surface area (TPSA) is 80.3 Å². The van der Waals surface area contributed by atoms with Crippen LogP contribution in [-0.2, 0) is 6.54 Å². The first-order valence-electron chi connectivity index (χ1n) is 7.58. The van der Waals surface area contributed by atoms with E-state index < -0.39 is 6.10 Å². The minimum atomic E-state index is -0.406. The van der Waals surface area contributed by atoms with E-state index in [2.05, 4.69) is 20.4 Å². The van der Waals surface area contributed by atoms with E-state index in [-0.39, 0.29) is 6.04 Å². The summed E-state index contributed by atoms with van der Waals surface area (Å²) in [6.45, 7) is 0.756. The molecule has 1 fully saturated rings. The molecule has 3 aromatic heterocycles. The Hall–Kier alpha value is -2.12. The molecule has 0 aromatic carbocycles. The van der Waals surface area contributed by atoms with Crippen LogP contribution in [0.15, 0.2) is 37.3 Å². The van der Waals surface area contributed by atoms with Crippen molar-refractivity contribution in [3.63, 3.8) is 0 Å². The van der Waals surface area contributed by atoms with E-state index in [9.17, 15) is 5.11 Å². The second kappa shape index (κ2) is 5.82. The average molecular weight is 333 g/mol. The molecule has 0 amide bonds. The second-order valence-corrected chi connectivity index (χ2v) is 6.43. The average Bonchev–Trinajstić information content (AvgIpc) is 3.22. The van der Waals surface area contributed by atoms with Gasteiger partial charge >= 0.3 is 0 Å². The number of aliphatic hydroxyl groups is 1. The van der Waals surface area contributed by atoms with Gasteiger partial charge in [-0.25, -0.2) is 9.97 Å². The molecule has 0 aliphatic heterocycles. The number of fused-ring (bicyclic) bond motifs is 1. The van der Waals surface area contributed by atoms with Crippen molar-refractivity contribution in [2.24, 2.45) is 5.92 Å². The molecular formula is C15H17ClN6O. The summed E-state index contributed by atoms with van der Waals surface area (Å²) in [5.41, 5.74) is 0.905. The molecule has 2 N–H and O–H groups in total. The van der Waals surface area contributed by atoms with Gasteiger partial charge in [0.25, 0.3) is 0 Å². The second-order valence-electron chi connectivity index (χ2n) is 6.00. The normalized spacial score (nSPS) is 24.3. The number of anilines is 1. The molecular weight excluding hydrogens is 316 g/mol. The predicted octanol–water partition coefficient (Wildman–Crippen LogP) is 1.83. The SMILES string of the molecule is O[C@@H]1CC(Cn2cc(Cl)cn2)C[C@H]1Nc1nccn2cncc12. The van der Waals surface area contributed by atoms with Gasteiger partial charge in [0.1, 0.15) is 5.52 Å². The van der Waals surface area contributed by atoms with Crippen LogP contribution in [0, 0.1) is 5.92 Å². The molecule has 3 aromatic rings. The van der Waals surface area contributed by atoms with Crippen molar-refractivity contribution < 1.29 is 5.11 Å². The fourth-order valence-electron chi connectivity index (χ4n) is 3.26. The molecule has 23 heavy (non-hydrogen) atoms. The lowest BCUT2D eigenvalue weighted by Crippen LogP contribution is -2.28. The number of hydrogen-bond donors (Lipinski definition) is 2. The van der Waals surface area contributed by atoms with Crippen LogP contribution in [0.5, 0.6) is 0 Å². The molecule has 1 aliphatic carbocycles. The quantitative estimate of drug-likeness (QED) is 0.762. The number of aromatic nitrogens is 5. The van der Waals surface area contributed by atoms with Gasteiger partial charge in [0.05, 0.1) is 35.9 Å². The van der Waals surface area contributed by atoms with Gasteiger partial charge in [0.15, 0.2) is 5.82 Å². The Balaban J connectivity index is 1.46. The van der Waals surface area contributed by atoms with E-state index in [1.807, 2.05) is 21.5 Å². The standard InChI is InChI=1S/C15H17ClN6O/c16-11-5-19-22(8-11)7-10-3-12(14(23)4-10)20-15-13-6-17-9-21(13)2-1-18-15/h1-2,5-6,8-10,12,14,23H,3-4,7H2,(H,18,20)/t10?,12-,14-/m1/s1. The Morgan fingerprint density at radius 1 is 1.35 bits per heavy atom. The third-order valence-electron chi connectivity index (χ3n) is 4.34. The molecule has 1 saturated carbocycles. The largest absolute Gasteiger partial charge is 0.391 e. The summed E-state index contributed by atoms with van der Waals surface area (Å²) in [5.74, 6) is 1.10. The summed E-state index contributed by atoms with van der Waals surface area (Å²) >= 11 is 5.89. The van der Waals surface area contributed by atoms with Gasteiger partial charge in [-0.15, -0.1) is 0 Å². The summed E-state index contributed by atoms with van der Waals surface area (Å²) in [6, 6.07) is -0.0281. The first-order valence-corrected chi connectivity index (χ1v) is 7.96. The van der Waals surface area contributed by atoms with Crippen LogP contribution in [0.1, 0.15) is 12.8 Å². The first-order chi connectivity index (χ1) is 11.2. The van der Waals surface area contributed by atoms with Crippen LogP contribution in [-0.4, -0.2) is 41.4 Å². The minimum absolute atomic E-state index is 0.0281. The van der Waals surface area contributed by atoms with Crippen LogP contribution < -0.4 is 5.32 Å². The number of hydrogen-bond acceptors (Lipinski definition) is 5. The van der Waals surface area contributed by atoms with Gasteiger partial charge in [0.2, 0.25) is 0 Å². The third-order valence-corrected chi connectivity index (χ3v) is 4.53. The highest BCUT2D eigenvalue weighted by Crippen LogP contribution is 2.30. The van der Waals surface area contributed by atoms with Crippen LogP contribution in [0.3, 0.4) is 0 Å². The summed E-state index contributed by atoms with van der Waals surface area (Å²) in [6.07, 6.45) is 11.7. The molecule has 120 valence electrons. The number of nitrogens with zero attached hydrogens (tertiary/aromatic N) is 5. The minimum Gasteiger partial charge on any atom is -0.391 e. The van der Waals surface area contributed by atoms with Crippen LogP contribution in [0.4, 0.5) is 5.82 Å². The van der Waals surface area contributed by atoms with Crippen molar-refractivity contribution >= 4 is 22.9 Å². The Labute approximate surface area is 137 Å². The molecule has 0 spiro atoms. The van der Waals surface area contributed by atoms with Crippen LogP contribution >= 0.6 is 11.6 Å². The zero-order chi connectivity index (χ0) is 15.8. The highest BCUT2D eigenvalue weighted by Gasteiger charge is 2.33. The van der Waals surface area contributed by atoms with E-state index in [4.69, 9.17) is 11.6 Å². The Bertz CT molecular complexity index is 815. The number of nitrogens with one attached hydrogen (secondary N) is 1. The molecule has 3 atom stereocenters. The maximum absolute atomic E-state index is 10.4. The molecule has 0 saturated heterocycles. The highest BCUT2D eigenvalue weighted by atomic mass is 35.5. The number of aliphatic hydroxyl groups excluding tert-OH is 1. The lowest BCUT2D eigenvalue weighted by molar-refractivity contribution is 0.166. The van der Waals surface area contributed by atoms with E-state index >= 15 is 0 Å². The van der Waals surface area contributed by atoms with E-state index in [1.165, 1.54) is 0 Å². The zero-order valence-electron chi connectivity index (χ0n) is 12.4. The molecule has 3 heterocycles. The Morgan fingerprint density at radius 3 is 3.09 bits per heavy atom. The molecule has 1 unspecified atom stereocenters. The fraction of sp³-hybridized carbons (Fsp3) is 0.400. The van der Waals surface area contributed by atoms with Gasteiger partial charge in [-0.3, -0.25) is 4.68 Å².